The molecule has 7 heteroatoms. The van der Waals surface area contributed by atoms with Crippen LogP contribution in [0.15, 0.2) is 59.5 Å². The molecule has 7 nitrogen and oxygen atoms in total. The second kappa shape index (κ2) is 8.34. The minimum atomic E-state index is -0.0648. The molecule has 1 fully saturated rings. The van der Waals surface area contributed by atoms with Crippen molar-refractivity contribution in [1.82, 2.24) is 14.9 Å². The van der Waals surface area contributed by atoms with Crippen molar-refractivity contribution in [3.05, 3.63) is 66.4 Å². The lowest BCUT2D eigenvalue weighted by Crippen LogP contribution is -2.49. The van der Waals surface area contributed by atoms with Crippen molar-refractivity contribution < 1.29 is 9.21 Å². The number of furan rings is 1. The van der Waals surface area contributed by atoms with Crippen LogP contribution in [0, 0.1) is 0 Å². The number of rotatable bonds is 5. The average molecular weight is 391 g/mol. The van der Waals surface area contributed by atoms with Crippen molar-refractivity contribution in [2.45, 2.75) is 19.8 Å². The number of carbonyl (C=O) groups excluding carboxylic acids is 1. The van der Waals surface area contributed by atoms with E-state index in [1.807, 2.05) is 17.0 Å². The summed E-state index contributed by atoms with van der Waals surface area (Å²) in [7, 11) is 0. The zero-order valence-electron chi connectivity index (χ0n) is 16.7. The van der Waals surface area contributed by atoms with Gasteiger partial charge in [-0.25, -0.2) is 9.97 Å². The van der Waals surface area contributed by atoms with Crippen LogP contribution in [0.5, 0.6) is 0 Å². The first-order valence-corrected chi connectivity index (χ1v) is 9.87. The number of anilines is 3. The second-order valence-electron chi connectivity index (χ2n) is 7.38. The van der Waals surface area contributed by atoms with Crippen LogP contribution < -0.4 is 10.2 Å². The molecule has 0 bridgehead atoms. The molecule has 0 atom stereocenters. The fourth-order valence-corrected chi connectivity index (χ4v) is 3.54. The lowest BCUT2D eigenvalue weighted by atomic mass is 10.0. The van der Waals surface area contributed by atoms with Crippen LogP contribution in [0.4, 0.5) is 17.3 Å². The summed E-state index contributed by atoms with van der Waals surface area (Å²) in [6.45, 7) is 7.03. The van der Waals surface area contributed by atoms with E-state index in [0.717, 1.165) is 17.3 Å². The summed E-state index contributed by atoms with van der Waals surface area (Å²) >= 11 is 0. The minimum absolute atomic E-state index is 0.0648. The fourth-order valence-electron chi connectivity index (χ4n) is 3.54. The van der Waals surface area contributed by atoms with Gasteiger partial charge in [-0.1, -0.05) is 32.0 Å². The third-order valence-corrected chi connectivity index (χ3v) is 5.12. The van der Waals surface area contributed by atoms with Gasteiger partial charge in [0.25, 0.3) is 5.91 Å². The van der Waals surface area contributed by atoms with E-state index in [4.69, 9.17) is 4.42 Å². The maximum absolute atomic E-state index is 12.4. The number of nitrogens with zero attached hydrogens (tertiary/aromatic N) is 4. The number of para-hydroxylation sites is 1. The van der Waals surface area contributed by atoms with Crippen molar-refractivity contribution in [2.24, 2.45) is 0 Å². The van der Waals surface area contributed by atoms with Gasteiger partial charge in [0.1, 0.15) is 18.0 Å². The monoisotopic (exact) mass is 391 g/mol. The number of hydrogen-bond donors (Lipinski definition) is 1. The molecular formula is C22H25N5O2. The van der Waals surface area contributed by atoms with E-state index in [-0.39, 0.29) is 5.91 Å². The highest BCUT2D eigenvalue weighted by Crippen LogP contribution is 2.27. The van der Waals surface area contributed by atoms with Gasteiger partial charge in [-0.15, -0.1) is 0 Å². The number of piperazine rings is 1. The fraction of sp³-hybridized carbons (Fsp3) is 0.318. The van der Waals surface area contributed by atoms with Crippen LogP contribution in [0.2, 0.25) is 0 Å². The van der Waals surface area contributed by atoms with Gasteiger partial charge < -0.3 is 19.5 Å². The van der Waals surface area contributed by atoms with Gasteiger partial charge in [0, 0.05) is 37.9 Å². The smallest absolute Gasteiger partial charge is 0.289 e. The normalized spacial score (nSPS) is 14.3. The Morgan fingerprint density at radius 3 is 2.59 bits per heavy atom. The molecule has 1 amide bonds. The molecule has 1 aromatic carbocycles. The summed E-state index contributed by atoms with van der Waals surface area (Å²) in [5.74, 6) is 2.35. The minimum Gasteiger partial charge on any atom is -0.459 e. The topological polar surface area (TPSA) is 74.5 Å². The van der Waals surface area contributed by atoms with Gasteiger partial charge in [0.15, 0.2) is 5.76 Å². The third-order valence-electron chi connectivity index (χ3n) is 5.12. The molecule has 4 rings (SSSR count). The highest BCUT2D eigenvalue weighted by Gasteiger charge is 2.24. The van der Waals surface area contributed by atoms with E-state index in [0.29, 0.717) is 37.9 Å². The van der Waals surface area contributed by atoms with Crippen LogP contribution in [0.3, 0.4) is 0 Å². The number of hydrogen-bond acceptors (Lipinski definition) is 6. The van der Waals surface area contributed by atoms with Gasteiger partial charge in [-0.3, -0.25) is 4.79 Å². The Balaban J connectivity index is 1.43. The Labute approximate surface area is 170 Å². The number of carbonyl (C=O) groups is 1. The van der Waals surface area contributed by atoms with E-state index in [1.54, 1.807) is 18.5 Å². The number of amides is 1. The van der Waals surface area contributed by atoms with E-state index >= 15 is 0 Å². The summed E-state index contributed by atoms with van der Waals surface area (Å²) in [5, 5.41) is 3.42. The molecule has 0 unspecified atom stereocenters. The first-order chi connectivity index (χ1) is 14.1. The lowest BCUT2D eigenvalue weighted by molar-refractivity contribution is 0.0714. The van der Waals surface area contributed by atoms with Gasteiger partial charge in [0.05, 0.1) is 6.26 Å². The van der Waals surface area contributed by atoms with Crippen molar-refractivity contribution in [1.29, 1.82) is 0 Å². The van der Waals surface area contributed by atoms with E-state index in [2.05, 4.69) is 52.2 Å². The Morgan fingerprint density at radius 1 is 1.07 bits per heavy atom. The molecule has 1 aliphatic heterocycles. The van der Waals surface area contributed by atoms with E-state index < -0.39 is 0 Å². The first-order valence-electron chi connectivity index (χ1n) is 9.87. The number of aromatic nitrogens is 2. The summed E-state index contributed by atoms with van der Waals surface area (Å²) in [4.78, 5) is 25.2. The molecule has 0 aliphatic carbocycles. The third kappa shape index (κ3) is 4.23. The number of benzene rings is 1. The Morgan fingerprint density at radius 2 is 1.86 bits per heavy atom. The zero-order chi connectivity index (χ0) is 20.2. The molecule has 0 saturated carbocycles. The van der Waals surface area contributed by atoms with E-state index in [1.165, 1.54) is 11.8 Å². The average Bonchev–Trinajstić information content (AvgIpc) is 3.29. The van der Waals surface area contributed by atoms with Gasteiger partial charge in [0.2, 0.25) is 0 Å². The molecule has 1 N–H and O–H groups in total. The molecule has 0 radical (unpaired) electrons. The van der Waals surface area contributed by atoms with Gasteiger partial charge in [-0.2, -0.15) is 0 Å². The van der Waals surface area contributed by atoms with Gasteiger partial charge >= 0.3 is 0 Å². The van der Waals surface area contributed by atoms with Crippen molar-refractivity contribution in [2.75, 3.05) is 36.4 Å². The summed E-state index contributed by atoms with van der Waals surface area (Å²) in [5.41, 5.74) is 2.30. The summed E-state index contributed by atoms with van der Waals surface area (Å²) < 4.78 is 5.22. The Hall–Kier alpha value is -3.35. The maximum atomic E-state index is 12.4. The Kier molecular flexibility index (Phi) is 5.46. The van der Waals surface area contributed by atoms with Crippen LogP contribution in [-0.4, -0.2) is 47.0 Å². The van der Waals surface area contributed by atoms with Crippen LogP contribution in [0.1, 0.15) is 35.9 Å². The molecule has 29 heavy (non-hydrogen) atoms. The van der Waals surface area contributed by atoms with Crippen LogP contribution in [0.25, 0.3) is 0 Å². The summed E-state index contributed by atoms with van der Waals surface area (Å²) in [6, 6.07) is 13.7. The molecule has 3 heterocycles. The van der Waals surface area contributed by atoms with Crippen molar-refractivity contribution >= 4 is 23.2 Å². The largest absolute Gasteiger partial charge is 0.459 e. The second-order valence-corrected chi connectivity index (χ2v) is 7.38. The van der Waals surface area contributed by atoms with Crippen molar-refractivity contribution in [3.63, 3.8) is 0 Å². The number of nitrogens with one attached hydrogen (secondary N) is 1. The SMILES string of the molecule is CC(C)c1ccccc1Nc1cc(N2CCN(C(=O)c3ccco3)CC2)ncn1. The predicted octanol–water partition coefficient (Wildman–Crippen LogP) is 3.90. The van der Waals surface area contributed by atoms with Crippen LogP contribution in [-0.2, 0) is 0 Å². The van der Waals surface area contributed by atoms with Crippen LogP contribution >= 0.6 is 0 Å². The molecule has 1 aliphatic rings. The molecule has 3 aromatic rings. The standard InChI is InChI=1S/C22H25N5O2/c1-16(2)17-6-3-4-7-18(17)25-20-14-21(24-15-23-20)26-9-11-27(12-10-26)22(28)19-8-5-13-29-19/h3-8,13-16H,9-12H2,1-2H3,(H,23,24,25). The maximum Gasteiger partial charge on any atom is 0.289 e. The highest BCUT2D eigenvalue weighted by atomic mass is 16.3. The molecule has 2 aromatic heterocycles. The van der Waals surface area contributed by atoms with E-state index in [9.17, 15) is 4.79 Å². The van der Waals surface area contributed by atoms with Gasteiger partial charge in [-0.05, 0) is 29.7 Å². The molecule has 1 saturated heterocycles. The Bertz CT molecular complexity index is 963. The molecule has 0 spiro atoms. The zero-order valence-corrected chi connectivity index (χ0v) is 16.7. The molecular weight excluding hydrogens is 366 g/mol. The highest BCUT2D eigenvalue weighted by molar-refractivity contribution is 5.91. The first kappa shape index (κ1) is 19.0. The summed E-state index contributed by atoms with van der Waals surface area (Å²) in [6.07, 6.45) is 3.10. The molecule has 150 valence electrons. The predicted molar refractivity (Wildman–Crippen MR) is 113 cm³/mol. The quantitative estimate of drug-likeness (QED) is 0.711. The lowest BCUT2D eigenvalue weighted by Gasteiger charge is -2.35. The van der Waals surface area contributed by atoms with Crippen molar-refractivity contribution in [3.8, 4) is 0 Å².